The number of nitrogens with one attached hydrogen (secondary N) is 1. The van der Waals surface area contributed by atoms with E-state index in [0.717, 1.165) is 10.7 Å². The summed E-state index contributed by atoms with van der Waals surface area (Å²) in [5.74, 6) is 0. The van der Waals surface area contributed by atoms with Gasteiger partial charge in [0.2, 0.25) is 5.13 Å². The maximum atomic E-state index is 3.90. The van der Waals surface area contributed by atoms with Crippen LogP contribution < -0.4 is 5.32 Å². The number of hydrogen-bond acceptors (Lipinski definition) is 6. The van der Waals surface area contributed by atoms with E-state index in [2.05, 4.69) is 25.5 Å². The lowest BCUT2D eigenvalue weighted by molar-refractivity contribution is 1.02. The molecule has 0 bridgehead atoms. The van der Waals surface area contributed by atoms with E-state index in [9.17, 15) is 0 Å². The highest BCUT2D eigenvalue weighted by Crippen LogP contribution is 2.08. The third-order valence-electron chi connectivity index (χ3n) is 1.42. The van der Waals surface area contributed by atoms with Crippen molar-refractivity contribution in [3.63, 3.8) is 0 Å². The van der Waals surface area contributed by atoms with E-state index in [0.29, 0.717) is 6.54 Å². The number of nitrogens with zero attached hydrogens (tertiary/aromatic N) is 4. The maximum Gasteiger partial charge on any atom is 0.205 e. The summed E-state index contributed by atoms with van der Waals surface area (Å²) in [6.45, 7) is 0.677. The monoisotopic (exact) mass is 193 g/mol. The molecular weight excluding hydrogens is 186 g/mol. The summed E-state index contributed by atoms with van der Waals surface area (Å²) in [4.78, 5) is 7.80. The molecule has 0 amide bonds. The van der Waals surface area contributed by atoms with Gasteiger partial charge in [-0.15, -0.1) is 10.2 Å². The van der Waals surface area contributed by atoms with Crippen molar-refractivity contribution in [2.45, 2.75) is 6.54 Å². The van der Waals surface area contributed by atoms with Crippen LogP contribution in [0.15, 0.2) is 24.2 Å². The van der Waals surface area contributed by atoms with Gasteiger partial charge in [-0.3, -0.25) is 0 Å². The first-order valence-electron chi connectivity index (χ1n) is 3.69. The Kier molecular flexibility index (Phi) is 2.42. The summed E-state index contributed by atoms with van der Waals surface area (Å²) in [7, 11) is 0. The van der Waals surface area contributed by atoms with Gasteiger partial charge < -0.3 is 5.32 Å². The topological polar surface area (TPSA) is 63.6 Å². The summed E-state index contributed by atoms with van der Waals surface area (Å²) < 4.78 is 0. The molecule has 0 aliphatic heterocycles. The number of aromatic nitrogens is 4. The van der Waals surface area contributed by atoms with E-state index in [4.69, 9.17) is 0 Å². The van der Waals surface area contributed by atoms with Crippen LogP contribution in [0.3, 0.4) is 0 Å². The van der Waals surface area contributed by atoms with Crippen LogP contribution >= 0.6 is 11.3 Å². The van der Waals surface area contributed by atoms with Crippen molar-refractivity contribution in [2.24, 2.45) is 0 Å². The van der Waals surface area contributed by atoms with Crippen molar-refractivity contribution in [3.8, 4) is 0 Å². The van der Waals surface area contributed by atoms with Crippen LogP contribution in [-0.2, 0) is 6.54 Å². The first-order valence-corrected chi connectivity index (χ1v) is 4.57. The minimum Gasteiger partial charge on any atom is -0.356 e. The Bertz CT molecular complexity index is 346. The average molecular weight is 193 g/mol. The van der Waals surface area contributed by atoms with E-state index < -0.39 is 0 Å². The molecule has 2 aromatic heterocycles. The van der Waals surface area contributed by atoms with E-state index >= 15 is 0 Å². The molecule has 1 N–H and O–H groups in total. The zero-order valence-electron chi connectivity index (χ0n) is 6.71. The molecule has 6 heteroatoms. The highest BCUT2D eigenvalue weighted by molar-refractivity contribution is 7.13. The molecular formula is C7H7N5S. The third-order valence-corrected chi connectivity index (χ3v) is 2.07. The van der Waals surface area contributed by atoms with Crippen LogP contribution in [0, 0.1) is 0 Å². The summed E-state index contributed by atoms with van der Waals surface area (Å²) in [5.41, 5.74) is 2.71. The Morgan fingerprint density at radius 3 is 2.85 bits per heavy atom. The summed E-state index contributed by atoms with van der Waals surface area (Å²) in [6, 6.07) is 0. The fourth-order valence-corrected chi connectivity index (χ4v) is 1.29. The first kappa shape index (κ1) is 8.06. The quantitative estimate of drug-likeness (QED) is 0.786. The molecule has 0 spiro atoms. The zero-order chi connectivity index (χ0) is 8.93. The first-order chi connectivity index (χ1) is 6.45. The van der Waals surface area contributed by atoms with Crippen LogP contribution in [-0.4, -0.2) is 20.2 Å². The van der Waals surface area contributed by atoms with Crippen LogP contribution in [0.25, 0.3) is 0 Å². The van der Waals surface area contributed by atoms with Gasteiger partial charge in [-0.25, -0.2) is 9.97 Å². The minimum atomic E-state index is 0.677. The van der Waals surface area contributed by atoms with E-state index in [-0.39, 0.29) is 0 Å². The lowest BCUT2D eigenvalue weighted by Gasteiger charge is -1.99. The number of rotatable bonds is 3. The van der Waals surface area contributed by atoms with Gasteiger partial charge in [0, 0.05) is 24.5 Å². The number of hydrogen-bond donors (Lipinski definition) is 1. The largest absolute Gasteiger partial charge is 0.356 e. The van der Waals surface area contributed by atoms with Crippen molar-refractivity contribution >= 4 is 16.5 Å². The van der Waals surface area contributed by atoms with E-state index in [1.54, 1.807) is 17.9 Å². The lowest BCUT2D eigenvalue weighted by atomic mass is 10.3. The SMILES string of the molecule is c1ncc(CNc2nncs2)cn1. The van der Waals surface area contributed by atoms with Gasteiger partial charge >= 0.3 is 0 Å². The Balaban J connectivity index is 1.94. The molecule has 5 nitrogen and oxygen atoms in total. The Hall–Kier alpha value is -1.56. The molecule has 0 saturated carbocycles. The maximum absolute atomic E-state index is 3.90. The Morgan fingerprint density at radius 2 is 2.15 bits per heavy atom. The highest BCUT2D eigenvalue weighted by Gasteiger charge is 1.95. The second kappa shape index (κ2) is 3.90. The third kappa shape index (κ3) is 2.19. The summed E-state index contributed by atoms with van der Waals surface area (Å²) >= 11 is 1.47. The predicted octanol–water partition coefficient (Wildman–Crippen LogP) is 0.940. The molecule has 2 rings (SSSR count). The van der Waals surface area contributed by atoms with Crippen molar-refractivity contribution in [1.29, 1.82) is 0 Å². The van der Waals surface area contributed by atoms with Crippen LogP contribution in [0.4, 0.5) is 5.13 Å². The zero-order valence-corrected chi connectivity index (χ0v) is 7.53. The average Bonchev–Trinajstić information content (AvgIpc) is 2.69. The summed E-state index contributed by atoms with van der Waals surface area (Å²) in [6.07, 6.45) is 5.04. The Labute approximate surface area is 78.9 Å². The molecule has 2 aromatic rings. The van der Waals surface area contributed by atoms with Gasteiger partial charge in [0.1, 0.15) is 11.8 Å². The molecule has 0 aliphatic carbocycles. The minimum absolute atomic E-state index is 0.677. The molecule has 0 saturated heterocycles. The fraction of sp³-hybridized carbons (Fsp3) is 0.143. The van der Waals surface area contributed by atoms with Crippen molar-refractivity contribution in [2.75, 3.05) is 5.32 Å². The van der Waals surface area contributed by atoms with E-state index in [1.807, 2.05) is 0 Å². The van der Waals surface area contributed by atoms with Crippen LogP contribution in [0.5, 0.6) is 0 Å². The molecule has 0 fully saturated rings. The molecule has 0 atom stereocenters. The van der Waals surface area contributed by atoms with Gasteiger partial charge in [0.25, 0.3) is 0 Å². The van der Waals surface area contributed by atoms with Crippen molar-refractivity contribution in [1.82, 2.24) is 20.2 Å². The van der Waals surface area contributed by atoms with Gasteiger partial charge in [-0.1, -0.05) is 11.3 Å². The molecule has 0 radical (unpaired) electrons. The summed E-state index contributed by atoms with van der Waals surface area (Å²) in [5, 5.41) is 11.5. The predicted molar refractivity (Wildman–Crippen MR) is 49.3 cm³/mol. The molecule has 13 heavy (non-hydrogen) atoms. The highest BCUT2D eigenvalue weighted by atomic mass is 32.1. The second-order valence-electron chi connectivity index (χ2n) is 2.34. The fourth-order valence-electron chi connectivity index (χ4n) is 0.849. The van der Waals surface area contributed by atoms with Crippen molar-refractivity contribution < 1.29 is 0 Å². The number of anilines is 1. The molecule has 2 heterocycles. The van der Waals surface area contributed by atoms with Gasteiger partial charge in [0.05, 0.1) is 0 Å². The smallest absolute Gasteiger partial charge is 0.205 e. The molecule has 0 aliphatic rings. The van der Waals surface area contributed by atoms with Crippen LogP contribution in [0.1, 0.15) is 5.56 Å². The second-order valence-corrected chi connectivity index (χ2v) is 3.18. The standard InChI is InChI=1S/C7H7N5S/c1-6(2-9-4-8-1)3-10-7-12-11-5-13-7/h1-2,4-5H,3H2,(H,10,12). The van der Waals surface area contributed by atoms with Gasteiger partial charge in [0.15, 0.2) is 0 Å². The van der Waals surface area contributed by atoms with E-state index in [1.165, 1.54) is 17.7 Å². The van der Waals surface area contributed by atoms with Gasteiger partial charge in [-0.05, 0) is 0 Å². The Morgan fingerprint density at radius 1 is 1.31 bits per heavy atom. The molecule has 0 unspecified atom stereocenters. The lowest BCUT2D eigenvalue weighted by Crippen LogP contribution is -1.99. The molecule has 0 aromatic carbocycles. The normalized spacial score (nSPS) is 9.85. The molecule has 66 valence electrons. The van der Waals surface area contributed by atoms with Crippen LogP contribution in [0.2, 0.25) is 0 Å². The van der Waals surface area contributed by atoms with Gasteiger partial charge in [-0.2, -0.15) is 0 Å². The van der Waals surface area contributed by atoms with Crippen molar-refractivity contribution in [3.05, 3.63) is 29.8 Å².